The van der Waals surface area contributed by atoms with Gasteiger partial charge in [-0.2, -0.15) is 18.3 Å². The number of aryl methyl sites for hydroxylation is 1. The maximum absolute atomic E-state index is 11.8. The van der Waals surface area contributed by atoms with E-state index in [9.17, 15) is 18.3 Å². The van der Waals surface area contributed by atoms with Crippen molar-refractivity contribution in [2.45, 2.75) is 32.2 Å². The van der Waals surface area contributed by atoms with Crippen LogP contribution in [0.15, 0.2) is 6.33 Å². The molecule has 1 aromatic rings. The summed E-state index contributed by atoms with van der Waals surface area (Å²) in [4.78, 5) is 3.90. The van der Waals surface area contributed by atoms with E-state index in [2.05, 4.69) is 14.8 Å². The quantitative estimate of drug-likeness (QED) is 0.814. The van der Waals surface area contributed by atoms with E-state index in [0.717, 1.165) is 0 Å². The highest BCUT2D eigenvalue weighted by Gasteiger charge is 2.27. The van der Waals surface area contributed by atoms with Gasteiger partial charge in [-0.25, -0.2) is 4.98 Å². The van der Waals surface area contributed by atoms with Crippen LogP contribution in [-0.2, 0) is 17.7 Å². The highest BCUT2D eigenvalue weighted by atomic mass is 19.4. The summed E-state index contributed by atoms with van der Waals surface area (Å²) < 4.78 is 41.2. The van der Waals surface area contributed by atoms with Crippen LogP contribution in [0.2, 0.25) is 0 Å². The summed E-state index contributed by atoms with van der Waals surface area (Å²) >= 11 is 0. The van der Waals surface area contributed by atoms with Gasteiger partial charge in [0.05, 0.1) is 12.7 Å². The predicted molar refractivity (Wildman–Crippen MR) is 52.3 cm³/mol. The third-order valence-electron chi connectivity index (χ3n) is 1.99. The van der Waals surface area contributed by atoms with Gasteiger partial charge < -0.3 is 9.84 Å². The minimum absolute atomic E-state index is 0.117. The lowest BCUT2D eigenvalue weighted by atomic mass is 10.2. The van der Waals surface area contributed by atoms with E-state index in [-0.39, 0.29) is 13.0 Å². The molecule has 1 rings (SSSR count). The number of aliphatic hydroxyl groups excluding tert-OH is 1. The van der Waals surface area contributed by atoms with Crippen LogP contribution in [0.3, 0.4) is 0 Å². The Labute approximate surface area is 96.2 Å². The van der Waals surface area contributed by atoms with E-state index < -0.39 is 18.9 Å². The van der Waals surface area contributed by atoms with E-state index in [0.29, 0.717) is 12.4 Å². The van der Waals surface area contributed by atoms with Crippen LogP contribution in [-0.4, -0.2) is 45.4 Å². The van der Waals surface area contributed by atoms with Crippen molar-refractivity contribution >= 4 is 0 Å². The number of hydrogen-bond acceptors (Lipinski definition) is 4. The molecule has 0 amide bonds. The molecule has 1 atom stereocenters. The lowest BCUT2D eigenvalue weighted by Crippen LogP contribution is -2.25. The molecule has 0 aliphatic rings. The zero-order chi connectivity index (χ0) is 12.9. The van der Waals surface area contributed by atoms with Crippen LogP contribution in [0, 0.1) is 0 Å². The van der Waals surface area contributed by atoms with Gasteiger partial charge in [-0.05, 0) is 6.92 Å². The first-order chi connectivity index (χ1) is 7.92. The van der Waals surface area contributed by atoms with Gasteiger partial charge in [0.2, 0.25) is 0 Å². The third-order valence-corrected chi connectivity index (χ3v) is 1.99. The SMILES string of the molecule is CCn1ncnc1CC(O)COCC(F)(F)F. The molecule has 98 valence electrons. The molecule has 1 heterocycles. The van der Waals surface area contributed by atoms with Crippen molar-refractivity contribution in [3.05, 3.63) is 12.2 Å². The minimum Gasteiger partial charge on any atom is -0.390 e. The summed E-state index contributed by atoms with van der Waals surface area (Å²) in [7, 11) is 0. The molecule has 1 aromatic heterocycles. The van der Waals surface area contributed by atoms with Crippen molar-refractivity contribution < 1.29 is 23.0 Å². The van der Waals surface area contributed by atoms with Gasteiger partial charge in [-0.1, -0.05) is 0 Å². The Morgan fingerprint density at radius 2 is 2.24 bits per heavy atom. The summed E-state index contributed by atoms with van der Waals surface area (Å²) in [5, 5.41) is 13.3. The molecule has 0 radical (unpaired) electrons. The van der Waals surface area contributed by atoms with Crippen molar-refractivity contribution in [2.24, 2.45) is 0 Å². The molecule has 8 heteroatoms. The molecular formula is C9H14F3N3O2. The van der Waals surface area contributed by atoms with E-state index in [4.69, 9.17) is 0 Å². The van der Waals surface area contributed by atoms with Gasteiger partial charge in [0.25, 0.3) is 0 Å². The van der Waals surface area contributed by atoms with Crippen molar-refractivity contribution in [1.29, 1.82) is 0 Å². The highest BCUT2D eigenvalue weighted by molar-refractivity contribution is 4.87. The number of ether oxygens (including phenoxy) is 1. The Kier molecular flexibility index (Phi) is 4.88. The normalized spacial score (nSPS) is 13.9. The molecule has 1 N–H and O–H groups in total. The largest absolute Gasteiger partial charge is 0.411 e. The first-order valence-electron chi connectivity index (χ1n) is 5.11. The van der Waals surface area contributed by atoms with Gasteiger partial charge in [0.15, 0.2) is 0 Å². The van der Waals surface area contributed by atoms with Crippen LogP contribution < -0.4 is 0 Å². The van der Waals surface area contributed by atoms with E-state index >= 15 is 0 Å². The molecular weight excluding hydrogens is 239 g/mol. The van der Waals surface area contributed by atoms with Gasteiger partial charge in [-0.15, -0.1) is 0 Å². The maximum Gasteiger partial charge on any atom is 0.411 e. The van der Waals surface area contributed by atoms with E-state index in [1.54, 1.807) is 4.68 Å². The third kappa shape index (κ3) is 5.14. The van der Waals surface area contributed by atoms with Crippen LogP contribution in [0.1, 0.15) is 12.7 Å². The molecule has 0 saturated heterocycles. The number of aliphatic hydroxyl groups is 1. The first kappa shape index (κ1) is 13.9. The van der Waals surface area contributed by atoms with E-state index in [1.165, 1.54) is 6.33 Å². The van der Waals surface area contributed by atoms with Gasteiger partial charge in [-0.3, -0.25) is 4.68 Å². The second-order valence-electron chi connectivity index (χ2n) is 3.48. The fourth-order valence-electron chi connectivity index (χ4n) is 1.29. The molecule has 0 aliphatic heterocycles. The Morgan fingerprint density at radius 3 is 2.82 bits per heavy atom. The van der Waals surface area contributed by atoms with Crippen LogP contribution in [0.5, 0.6) is 0 Å². The second kappa shape index (κ2) is 5.97. The molecule has 0 bridgehead atoms. The van der Waals surface area contributed by atoms with Crippen LogP contribution in [0.4, 0.5) is 13.2 Å². The topological polar surface area (TPSA) is 60.2 Å². The average Bonchev–Trinajstić information content (AvgIpc) is 2.63. The van der Waals surface area contributed by atoms with Gasteiger partial charge >= 0.3 is 6.18 Å². The molecule has 0 spiro atoms. The fourth-order valence-corrected chi connectivity index (χ4v) is 1.29. The Bertz CT molecular complexity index is 340. The van der Waals surface area contributed by atoms with Crippen molar-refractivity contribution in [1.82, 2.24) is 14.8 Å². The number of halogens is 3. The number of aromatic nitrogens is 3. The van der Waals surface area contributed by atoms with Crippen molar-refractivity contribution in [3.63, 3.8) is 0 Å². The molecule has 17 heavy (non-hydrogen) atoms. The summed E-state index contributed by atoms with van der Waals surface area (Å²) in [6.07, 6.45) is -3.94. The summed E-state index contributed by atoms with van der Waals surface area (Å²) in [5.74, 6) is 0.524. The Balaban J connectivity index is 2.32. The second-order valence-corrected chi connectivity index (χ2v) is 3.48. The number of nitrogens with zero attached hydrogens (tertiary/aromatic N) is 3. The Morgan fingerprint density at radius 1 is 1.53 bits per heavy atom. The lowest BCUT2D eigenvalue weighted by Gasteiger charge is -2.12. The zero-order valence-corrected chi connectivity index (χ0v) is 9.31. The standard InChI is InChI=1S/C9H14F3N3O2/c1-2-15-8(13-6-14-15)3-7(16)4-17-5-9(10,11)12/h6-7,16H,2-5H2,1H3. The molecule has 0 aliphatic carbocycles. The first-order valence-corrected chi connectivity index (χ1v) is 5.11. The van der Waals surface area contributed by atoms with Crippen molar-refractivity contribution in [3.8, 4) is 0 Å². The highest BCUT2D eigenvalue weighted by Crippen LogP contribution is 2.14. The van der Waals surface area contributed by atoms with Gasteiger partial charge in [0, 0.05) is 13.0 Å². The van der Waals surface area contributed by atoms with E-state index in [1.807, 2.05) is 6.92 Å². The summed E-state index contributed by atoms with van der Waals surface area (Å²) in [5.41, 5.74) is 0. The zero-order valence-electron chi connectivity index (χ0n) is 9.31. The Hall–Kier alpha value is -1.15. The van der Waals surface area contributed by atoms with Gasteiger partial charge in [0.1, 0.15) is 18.8 Å². The summed E-state index contributed by atoms with van der Waals surface area (Å²) in [6.45, 7) is 0.705. The number of alkyl halides is 3. The minimum atomic E-state index is -4.37. The molecule has 0 saturated carbocycles. The molecule has 0 aromatic carbocycles. The smallest absolute Gasteiger partial charge is 0.390 e. The predicted octanol–water partition coefficient (Wildman–Crippen LogP) is 0.780. The lowest BCUT2D eigenvalue weighted by molar-refractivity contribution is -0.179. The maximum atomic E-state index is 11.8. The fraction of sp³-hybridized carbons (Fsp3) is 0.778. The van der Waals surface area contributed by atoms with Crippen LogP contribution in [0.25, 0.3) is 0 Å². The molecule has 1 unspecified atom stereocenters. The monoisotopic (exact) mass is 253 g/mol. The molecule has 0 fully saturated rings. The summed E-state index contributed by atoms with van der Waals surface area (Å²) in [6, 6.07) is 0. The van der Waals surface area contributed by atoms with Crippen LogP contribution >= 0.6 is 0 Å². The average molecular weight is 253 g/mol. The van der Waals surface area contributed by atoms with Crippen molar-refractivity contribution in [2.75, 3.05) is 13.2 Å². The molecule has 5 nitrogen and oxygen atoms in total. The number of hydrogen-bond donors (Lipinski definition) is 1. The number of rotatable bonds is 6.